The molecular weight excluding hydrogens is 140 g/mol. The first-order valence-electron chi connectivity index (χ1n) is 4.24. The van der Waals surface area contributed by atoms with Crippen molar-refractivity contribution in [3.63, 3.8) is 0 Å². The van der Waals surface area contributed by atoms with E-state index in [-0.39, 0.29) is 5.91 Å². The number of carbonyl (C=O) groups excluding carboxylic acids is 1. The van der Waals surface area contributed by atoms with Gasteiger partial charge in [0.2, 0.25) is 5.91 Å². The molecule has 0 saturated carbocycles. The van der Waals surface area contributed by atoms with E-state index >= 15 is 0 Å². The Labute approximate surface area is 67.8 Å². The molecule has 0 bridgehead atoms. The minimum absolute atomic E-state index is 0.173. The molecule has 1 unspecified atom stereocenters. The zero-order chi connectivity index (χ0) is 8.27. The van der Waals surface area contributed by atoms with Crippen molar-refractivity contribution < 1.29 is 4.79 Å². The quantitative estimate of drug-likeness (QED) is 0.590. The van der Waals surface area contributed by atoms with Crippen molar-refractivity contribution in [2.75, 3.05) is 19.6 Å². The van der Waals surface area contributed by atoms with Crippen molar-refractivity contribution >= 4 is 5.91 Å². The summed E-state index contributed by atoms with van der Waals surface area (Å²) >= 11 is 0. The van der Waals surface area contributed by atoms with Crippen LogP contribution >= 0.6 is 0 Å². The number of nitrogens with one attached hydrogen (secondary N) is 1. The van der Waals surface area contributed by atoms with E-state index in [0.717, 1.165) is 6.54 Å². The lowest BCUT2D eigenvalue weighted by Gasteiger charge is -2.10. The van der Waals surface area contributed by atoms with Crippen LogP contribution in [0.25, 0.3) is 0 Å². The van der Waals surface area contributed by atoms with Crippen molar-refractivity contribution in [3.8, 4) is 0 Å². The monoisotopic (exact) mass is 156 g/mol. The van der Waals surface area contributed by atoms with Gasteiger partial charge in [-0.05, 0) is 13.8 Å². The second-order valence-electron chi connectivity index (χ2n) is 3.04. The third kappa shape index (κ3) is 2.89. The predicted octanol–water partition coefficient (Wildman–Crippen LogP) is 0.217. The number of hydrogen-bond donors (Lipinski definition) is 1. The molecule has 0 aromatic rings. The number of hydrogen-bond acceptors (Lipinski definition) is 2. The number of rotatable bonds is 4. The molecule has 1 saturated heterocycles. The van der Waals surface area contributed by atoms with Crippen LogP contribution in [0.15, 0.2) is 0 Å². The van der Waals surface area contributed by atoms with Crippen molar-refractivity contribution in [3.05, 3.63) is 0 Å². The second-order valence-corrected chi connectivity index (χ2v) is 3.04. The fourth-order valence-corrected chi connectivity index (χ4v) is 1.17. The largest absolute Gasteiger partial charge is 0.356 e. The van der Waals surface area contributed by atoms with Gasteiger partial charge >= 0.3 is 0 Å². The van der Waals surface area contributed by atoms with E-state index in [1.807, 2.05) is 6.92 Å². The molecule has 1 rings (SSSR count). The lowest BCUT2D eigenvalue weighted by Crippen LogP contribution is -2.28. The summed E-state index contributed by atoms with van der Waals surface area (Å²) in [4.78, 5) is 13.3. The van der Waals surface area contributed by atoms with Gasteiger partial charge in [-0.1, -0.05) is 0 Å². The second kappa shape index (κ2) is 3.72. The van der Waals surface area contributed by atoms with Crippen LogP contribution in [0.1, 0.15) is 20.3 Å². The number of nitrogens with zero attached hydrogens (tertiary/aromatic N) is 1. The molecule has 0 aromatic heterocycles. The van der Waals surface area contributed by atoms with Gasteiger partial charge in [-0.25, -0.2) is 0 Å². The number of amides is 1. The van der Waals surface area contributed by atoms with Crippen LogP contribution in [0.5, 0.6) is 0 Å². The van der Waals surface area contributed by atoms with Crippen LogP contribution in [0.2, 0.25) is 0 Å². The normalized spacial score (nSPS) is 19.5. The highest BCUT2D eigenvalue weighted by molar-refractivity contribution is 5.76. The lowest BCUT2D eigenvalue weighted by molar-refractivity contribution is -0.121. The molecule has 0 radical (unpaired) electrons. The van der Waals surface area contributed by atoms with Gasteiger partial charge in [-0.15, -0.1) is 0 Å². The van der Waals surface area contributed by atoms with Gasteiger partial charge in [0.05, 0.1) is 0 Å². The minimum Gasteiger partial charge on any atom is -0.356 e. The molecular formula is C8H16N2O. The highest BCUT2D eigenvalue weighted by Gasteiger charge is 2.25. The first-order valence-corrected chi connectivity index (χ1v) is 4.24. The Morgan fingerprint density at radius 2 is 2.27 bits per heavy atom. The summed E-state index contributed by atoms with van der Waals surface area (Å²) in [6.07, 6.45) is 0.647. The van der Waals surface area contributed by atoms with E-state index < -0.39 is 0 Å². The van der Waals surface area contributed by atoms with Crippen LogP contribution in [0.3, 0.4) is 0 Å². The fourth-order valence-electron chi connectivity index (χ4n) is 1.17. The SMILES string of the molecule is CCNC(=O)CC(C)N1CC1. The van der Waals surface area contributed by atoms with Crippen LogP contribution in [0, 0.1) is 0 Å². The lowest BCUT2D eigenvalue weighted by atomic mass is 10.2. The van der Waals surface area contributed by atoms with Gasteiger partial charge in [-0.2, -0.15) is 0 Å². The average molecular weight is 156 g/mol. The standard InChI is InChI=1S/C8H16N2O/c1-3-9-8(11)6-7(2)10-4-5-10/h7H,3-6H2,1-2H3,(H,9,11). The summed E-state index contributed by atoms with van der Waals surface area (Å²) < 4.78 is 0. The van der Waals surface area contributed by atoms with E-state index in [4.69, 9.17) is 0 Å². The zero-order valence-electron chi connectivity index (χ0n) is 7.26. The van der Waals surface area contributed by atoms with Gasteiger partial charge < -0.3 is 5.32 Å². The predicted molar refractivity (Wildman–Crippen MR) is 44.3 cm³/mol. The third-order valence-corrected chi connectivity index (χ3v) is 1.96. The molecule has 11 heavy (non-hydrogen) atoms. The summed E-state index contributed by atoms with van der Waals surface area (Å²) in [5, 5.41) is 2.79. The maximum absolute atomic E-state index is 11.0. The summed E-state index contributed by atoms with van der Waals surface area (Å²) in [5.41, 5.74) is 0. The smallest absolute Gasteiger partial charge is 0.221 e. The Kier molecular flexibility index (Phi) is 2.88. The average Bonchev–Trinajstić information content (AvgIpc) is 2.67. The van der Waals surface area contributed by atoms with E-state index in [0.29, 0.717) is 12.5 Å². The fraction of sp³-hybridized carbons (Fsp3) is 0.875. The minimum atomic E-state index is 0.173. The zero-order valence-corrected chi connectivity index (χ0v) is 7.26. The number of carbonyl (C=O) groups is 1. The molecule has 0 aliphatic carbocycles. The molecule has 0 spiro atoms. The van der Waals surface area contributed by atoms with E-state index in [9.17, 15) is 4.79 Å². The highest BCUT2D eigenvalue weighted by atomic mass is 16.1. The van der Waals surface area contributed by atoms with E-state index in [1.54, 1.807) is 0 Å². The van der Waals surface area contributed by atoms with Gasteiger partial charge in [0.1, 0.15) is 0 Å². The van der Waals surface area contributed by atoms with Crippen molar-refractivity contribution in [2.45, 2.75) is 26.3 Å². The molecule has 1 heterocycles. The maximum atomic E-state index is 11.0. The van der Waals surface area contributed by atoms with Gasteiger partial charge in [0, 0.05) is 32.1 Å². The molecule has 3 nitrogen and oxygen atoms in total. The topological polar surface area (TPSA) is 32.1 Å². The Morgan fingerprint density at radius 3 is 2.73 bits per heavy atom. The van der Waals surface area contributed by atoms with Gasteiger partial charge in [0.25, 0.3) is 0 Å². The van der Waals surface area contributed by atoms with E-state index in [1.165, 1.54) is 13.1 Å². The van der Waals surface area contributed by atoms with Gasteiger partial charge in [-0.3, -0.25) is 9.69 Å². The Bertz CT molecular complexity index is 143. The third-order valence-electron chi connectivity index (χ3n) is 1.96. The molecule has 1 amide bonds. The molecule has 1 fully saturated rings. The first-order chi connectivity index (χ1) is 5.24. The summed E-state index contributed by atoms with van der Waals surface area (Å²) in [6.45, 7) is 7.12. The summed E-state index contributed by atoms with van der Waals surface area (Å²) in [7, 11) is 0. The molecule has 1 aliphatic rings. The van der Waals surface area contributed by atoms with Gasteiger partial charge in [0.15, 0.2) is 0 Å². The first kappa shape index (κ1) is 8.53. The maximum Gasteiger partial charge on any atom is 0.221 e. The van der Waals surface area contributed by atoms with Crippen LogP contribution < -0.4 is 5.32 Å². The van der Waals surface area contributed by atoms with Crippen LogP contribution in [-0.4, -0.2) is 36.5 Å². The molecule has 3 heteroatoms. The molecule has 64 valence electrons. The molecule has 0 aromatic carbocycles. The Hall–Kier alpha value is -0.570. The Balaban J connectivity index is 2.12. The Morgan fingerprint density at radius 1 is 1.64 bits per heavy atom. The van der Waals surface area contributed by atoms with Crippen molar-refractivity contribution in [1.82, 2.24) is 10.2 Å². The molecule has 1 aliphatic heterocycles. The van der Waals surface area contributed by atoms with Crippen LogP contribution in [0.4, 0.5) is 0 Å². The van der Waals surface area contributed by atoms with Crippen molar-refractivity contribution in [2.24, 2.45) is 0 Å². The highest BCUT2D eigenvalue weighted by Crippen LogP contribution is 2.12. The van der Waals surface area contributed by atoms with Crippen LogP contribution in [-0.2, 0) is 4.79 Å². The summed E-state index contributed by atoms with van der Waals surface area (Å²) in [5.74, 6) is 0.173. The van der Waals surface area contributed by atoms with E-state index in [2.05, 4.69) is 17.1 Å². The summed E-state index contributed by atoms with van der Waals surface area (Å²) in [6, 6.07) is 0.432. The van der Waals surface area contributed by atoms with Crippen molar-refractivity contribution in [1.29, 1.82) is 0 Å². The molecule has 1 atom stereocenters. The molecule has 1 N–H and O–H groups in total.